The quantitative estimate of drug-likeness (QED) is 0.796. The molecule has 1 aromatic heterocycles. The largest absolute Gasteiger partial charge is 0.444 e. The topological polar surface area (TPSA) is 85.5 Å². The molecule has 1 aliphatic heterocycles. The van der Waals surface area contributed by atoms with Crippen LogP contribution in [0.15, 0.2) is 4.42 Å². The molecule has 1 aliphatic carbocycles. The highest BCUT2D eigenvalue weighted by molar-refractivity contribution is 5.98. The molecule has 0 radical (unpaired) electrons. The summed E-state index contributed by atoms with van der Waals surface area (Å²) < 4.78 is 10.9. The minimum atomic E-state index is -0.592. The van der Waals surface area contributed by atoms with E-state index in [1.807, 2.05) is 6.92 Å². The van der Waals surface area contributed by atoms with Gasteiger partial charge in [0.1, 0.15) is 11.6 Å². The molecule has 2 fully saturated rings. The van der Waals surface area contributed by atoms with Gasteiger partial charge in [-0.1, -0.05) is 6.92 Å². The van der Waals surface area contributed by atoms with Gasteiger partial charge in [0.25, 0.3) is 5.89 Å². The Kier molecular flexibility index (Phi) is 3.69. The molecule has 0 spiro atoms. The first-order chi connectivity index (χ1) is 10.7. The van der Waals surface area contributed by atoms with Gasteiger partial charge >= 0.3 is 6.09 Å². The monoisotopic (exact) mass is 321 g/mol. The third-order valence-electron chi connectivity index (χ3n) is 4.34. The first kappa shape index (κ1) is 16.0. The van der Waals surface area contributed by atoms with Crippen molar-refractivity contribution in [3.05, 3.63) is 11.8 Å². The van der Waals surface area contributed by atoms with E-state index in [0.29, 0.717) is 18.9 Å². The Morgan fingerprint density at radius 2 is 2.00 bits per heavy atom. The highest BCUT2D eigenvalue weighted by atomic mass is 16.6. The molecule has 0 aromatic carbocycles. The first-order valence-electron chi connectivity index (χ1n) is 8.07. The van der Waals surface area contributed by atoms with E-state index in [1.165, 1.54) is 4.90 Å². The zero-order valence-electron chi connectivity index (χ0n) is 14.1. The van der Waals surface area contributed by atoms with Crippen molar-refractivity contribution in [1.29, 1.82) is 0 Å². The minimum Gasteiger partial charge on any atom is -0.444 e. The Bertz CT molecular complexity index is 628. The standard InChI is InChI=1S/C16H23N3O4/c1-15(2,3)23-14(21)19-9-5-6-10(19)11(20)12-17-18-13(22-12)16(4)7-8-16/h10H,5-9H2,1-4H3/t10-/m0/s1. The Balaban J connectivity index is 1.73. The number of nitrogens with zero attached hydrogens (tertiary/aromatic N) is 3. The maximum Gasteiger partial charge on any atom is 0.410 e. The third-order valence-corrected chi connectivity index (χ3v) is 4.34. The lowest BCUT2D eigenvalue weighted by molar-refractivity contribution is 0.0218. The summed E-state index contributed by atoms with van der Waals surface area (Å²) in [5, 5.41) is 7.89. The Morgan fingerprint density at radius 3 is 2.61 bits per heavy atom. The van der Waals surface area contributed by atoms with Gasteiger partial charge in [-0.15, -0.1) is 10.2 Å². The number of aromatic nitrogens is 2. The van der Waals surface area contributed by atoms with E-state index >= 15 is 0 Å². The predicted molar refractivity (Wildman–Crippen MR) is 81.2 cm³/mol. The number of likely N-dealkylation sites (tertiary alicyclic amines) is 1. The fourth-order valence-electron chi connectivity index (χ4n) is 2.69. The van der Waals surface area contributed by atoms with E-state index in [-0.39, 0.29) is 17.1 Å². The van der Waals surface area contributed by atoms with Crippen LogP contribution in [0.25, 0.3) is 0 Å². The van der Waals surface area contributed by atoms with E-state index in [1.54, 1.807) is 20.8 Å². The second-order valence-electron chi connectivity index (χ2n) is 7.67. The number of carbonyl (C=O) groups is 2. The van der Waals surface area contributed by atoms with Crippen LogP contribution in [0.3, 0.4) is 0 Å². The molecule has 1 aromatic rings. The molecule has 1 saturated carbocycles. The molecule has 23 heavy (non-hydrogen) atoms. The molecule has 1 saturated heterocycles. The number of rotatable bonds is 3. The number of amides is 1. The number of ether oxygens (including phenoxy) is 1. The van der Waals surface area contributed by atoms with E-state index < -0.39 is 17.7 Å². The zero-order valence-corrected chi connectivity index (χ0v) is 14.1. The molecular weight excluding hydrogens is 298 g/mol. The van der Waals surface area contributed by atoms with E-state index in [4.69, 9.17) is 9.15 Å². The molecule has 7 heteroatoms. The van der Waals surface area contributed by atoms with Gasteiger partial charge in [0.15, 0.2) is 0 Å². The summed E-state index contributed by atoms with van der Waals surface area (Å²) in [6.07, 6.45) is 2.87. The summed E-state index contributed by atoms with van der Waals surface area (Å²) >= 11 is 0. The first-order valence-corrected chi connectivity index (χ1v) is 8.07. The van der Waals surface area contributed by atoms with Gasteiger partial charge in [-0.25, -0.2) is 4.79 Å². The van der Waals surface area contributed by atoms with Gasteiger partial charge in [-0.3, -0.25) is 9.69 Å². The number of hydrogen-bond donors (Lipinski definition) is 0. The molecule has 3 rings (SSSR count). The summed E-state index contributed by atoms with van der Waals surface area (Å²) in [6.45, 7) is 7.95. The van der Waals surface area contributed by atoms with Crippen molar-refractivity contribution >= 4 is 11.9 Å². The summed E-state index contributed by atoms with van der Waals surface area (Å²) in [6, 6.07) is -0.579. The van der Waals surface area contributed by atoms with Crippen LogP contribution in [-0.2, 0) is 10.2 Å². The van der Waals surface area contributed by atoms with Crippen LogP contribution >= 0.6 is 0 Å². The molecule has 2 heterocycles. The zero-order chi connectivity index (χ0) is 16.8. The summed E-state index contributed by atoms with van der Waals surface area (Å²) in [5.41, 5.74) is -0.669. The van der Waals surface area contributed by atoms with Crippen molar-refractivity contribution in [2.24, 2.45) is 0 Å². The number of Topliss-reactive ketones (excluding diaryl/α,β-unsaturated/α-hetero) is 1. The molecular formula is C16H23N3O4. The lowest BCUT2D eigenvalue weighted by Gasteiger charge is -2.27. The van der Waals surface area contributed by atoms with E-state index in [9.17, 15) is 9.59 Å². The molecule has 1 atom stereocenters. The summed E-state index contributed by atoms with van der Waals surface area (Å²) in [5.74, 6) is 0.215. The Morgan fingerprint density at radius 1 is 1.30 bits per heavy atom. The van der Waals surface area contributed by atoms with Crippen molar-refractivity contribution in [3.63, 3.8) is 0 Å². The van der Waals surface area contributed by atoms with Crippen molar-refractivity contribution in [2.45, 2.75) is 70.4 Å². The SMILES string of the molecule is CC(C)(C)OC(=O)N1CCC[C@H]1C(=O)c1nnc(C2(C)CC2)o1. The second kappa shape index (κ2) is 5.32. The smallest absolute Gasteiger partial charge is 0.410 e. The average Bonchev–Trinajstić information content (AvgIpc) is 2.95. The van der Waals surface area contributed by atoms with Crippen molar-refractivity contribution in [1.82, 2.24) is 15.1 Å². The maximum atomic E-state index is 12.6. The van der Waals surface area contributed by atoms with Crippen LogP contribution < -0.4 is 0 Å². The highest BCUT2D eigenvalue weighted by Gasteiger charge is 2.45. The van der Waals surface area contributed by atoms with Gasteiger partial charge in [0, 0.05) is 12.0 Å². The molecule has 1 amide bonds. The molecule has 7 nitrogen and oxygen atoms in total. The van der Waals surface area contributed by atoms with Crippen LogP contribution in [-0.4, -0.2) is 45.2 Å². The lowest BCUT2D eigenvalue weighted by Crippen LogP contribution is -2.43. The molecule has 0 bridgehead atoms. The van der Waals surface area contributed by atoms with Gasteiger partial charge < -0.3 is 9.15 Å². The highest BCUT2D eigenvalue weighted by Crippen LogP contribution is 2.46. The fourth-order valence-corrected chi connectivity index (χ4v) is 2.69. The maximum absolute atomic E-state index is 12.6. The second-order valence-corrected chi connectivity index (χ2v) is 7.67. The summed E-state index contributed by atoms with van der Waals surface area (Å²) in [7, 11) is 0. The van der Waals surface area contributed by atoms with Crippen LogP contribution in [0.5, 0.6) is 0 Å². The van der Waals surface area contributed by atoms with Crippen molar-refractivity contribution < 1.29 is 18.7 Å². The molecule has 126 valence electrons. The van der Waals surface area contributed by atoms with Crippen molar-refractivity contribution in [3.8, 4) is 0 Å². The Hall–Kier alpha value is -1.92. The predicted octanol–water partition coefficient (Wildman–Crippen LogP) is 2.70. The molecule has 0 N–H and O–H groups in total. The molecule has 2 aliphatic rings. The average molecular weight is 321 g/mol. The number of ketones is 1. The van der Waals surface area contributed by atoms with E-state index in [0.717, 1.165) is 19.3 Å². The van der Waals surface area contributed by atoms with Gasteiger partial charge in [-0.05, 0) is 46.5 Å². The van der Waals surface area contributed by atoms with E-state index in [2.05, 4.69) is 10.2 Å². The van der Waals surface area contributed by atoms with Gasteiger partial charge in [0.2, 0.25) is 11.7 Å². The van der Waals surface area contributed by atoms with Crippen LogP contribution in [0.1, 0.15) is 70.0 Å². The van der Waals surface area contributed by atoms with Crippen LogP contribution in [0, 0.1) is 0 Å². The number of carbonyl (C=O) groups excluding carboxylic acids is 2. The number of hydrogen-bond acceptors (Lipinski definition) is 6. The lowest BCUT2D eigenvalue weighted by atomic mass is 10.1. The Labute approximate surface area is 135 Å². The summed E-state index contributed by atoms with van der Waals surface area (Å²) in [4.78, 5) is 26.4. The van der Waals surface area contributed by atoms with Gasteiger partial charge in [-0.2, -0.15) is 0 Å². The van der Waals surface area contributed by atoms with Crippen molar-refractivity contribution in [2.75, 3.05) is 6.54 Å². The molecule has 0 unspecified atom stereocenters. The van der Waals surface area contributed by atoms with Crippen LogP contribution in [0.2, 0.25) is 0 Å². The normalized spacial score (nSPS) is 23.0. The van der Waals surface area contributed by atoms with Gasteiger partial charge in [0.05, 0.1) is 0 Å². The minimum absolute atomic E-state index is 0.00594. The fraction of sp³-hybridized carbons (Fsp3) is 0.750. The van der Waals surface area contributed by atoms with Crippen LogP contribution in [0.4, 0.5) is 4.79 Å². The third kappa shape index (κ3) is 3.23.